The number of aliphatic hydroxyl groups is 1. The minimum absolute atomic E-state index is 0.0873. The maximum absolute atomic E-state index is 15.2. The maximum atomic E-state index is 15.2. The Labute approximate surface area is 140 Å². The van der Waals surface area contributed by atoms with Crippen molar-refractivity contribution in [3.63, 3.8) is 0 Å². The third-order valence-electron chi connectivity index (χ3n) is 6.55. The lowest BCUT2D eigenvalue weighted by atomic mass is 9.46. The first-order chi connectivity index (χ1) is 11.5. The number of hydrogen-bond donors (Lipinski definition) is 1. The molecular formula is C16H19F5O4. The van der Waals surface area contributed by atoms with E-state index in [9.17, 15) is 18.3 Å². The summed E-state index contributed by atoms with van der Waals surface area (Å²) in [6.07, 6.45) is -2.77. The molecule has 5 rings (SSSR count). The molecule has 3 unspecified atom stereocenters. The topological polar surface area (TPSA) is 47.9 Å². The average molecular weight is 370 g/mol. The van der Waals surface area contributed by atoms with E-state index in [4.69, 9.17) is 9.47 Å². The summed E-state index contributed by atoms with van der Waals surface area (Å²) in [6, 6.07) is 0. The van der Waals surface area contributed by atoms with Gasteiger partial charge in [0.15, 0.2) is 6.79 Å². The second kappa shape index (κ2) is 4.86. The maximum Gasteiger partial charge on any atom is 0.449 e. The summed E-state index contributed by atoms with van der Waals surface area (Å²) in [7, 11) is 0. The van der Waals surface area contributed by atoms with E-state index in [2.05, 4.69) is 11.3 Å². The summed E-state index contributed by atoms with van der Waals surface area (Å²) in [5.74, 6) is -10.8. The number of halogens is 5. The van der Waals surface area contributed by atoms with Crippen LogP contribution >= 0.6 is 0 Å². The molecule has 9 heteroatoms. The quantitative estimate of drug-likeness (QED) is 0.598. The Morgan fingerprint density at radius 2 is 1.68 bits per heavy atom. The van der Waals surface area contributed by atoms with Gasteiger partial charge in [-0.2, -0.15) is 22.0 Å². The van der Waals surface area contributed by atoms with Gasteiger partial charge in [-0.3, -0.25) is 0 Å². The molecule has 1 N–H and O–H groups in total. The molecule has 5 fully saturated rings. The van der Waals surface area contributed by atoms with Gasteiger partial charge in [-0.1, -0.05) is 6.58 Å². The van der Waals surface area contributed by atoms with E-state index in [1.807, 2.05) is 0 Å². The number of rotatable bonds is 2. The number of hydrogen-bond acceptors (Lipinski definition) is 4. The first-order valence-corrected chi connectivity index (χ1v) is 8.25. The molecule has 4 aliphatic carbocycles. The number of alkyl halides is 5. The van der Waals surface area contributed by atoms with Gasteiger partial charge in [0.05, 0.1) is 6.26 Å². The van der Waals surface area contributed by atoms with Gasteiger partial charge in [0.1, 0.15) is 11.2 Å². The van der Waals surface area contributed by atoms with E-state index in [0.717, 1.165) is 0 Å². The Balaban J connectivity index is 1.79. The van der Waals surface area contributed by atoms with E-state index >= 15 is 8.78 Å². The zero-order valence-corrected chi connectivity index (χ0v) is 13.3. The fourth-order valence-electron chi connectivity index (χ4n) is 5.88. The molecule has 3 atom stereocenters. The first kappa shape index (κ1) is 17.5. The van der Waals surface area contributed by atoms with E-state index in [1.165, 1.54) is 6.26 Å². The molecule has 0 amide bonds. The van der Waals surface area contributed by atoms with Crippen LogP contribution in [0.1, 0.15) is 32.1 Å². The second-order valence-corrected chi connectivity index (χ2v) is 7.73. The largest absolute Gasteiger partial charge is 0.495 e. The minimum Gasteiger partial charge on any atom is -0.495 e. The molecule has 1 saturated heterocycles. The highest BCUT2D eigenvalue weighted by molar-refractivity contribution is 5.22. The zero-order valence-electron chi connectivity index (χ0n) is 13.3. The lowest BCUT2D eigenvalue weighted by Gasteiger charge is -2.67. The minimum atomic E-state index is -5.64. The summed E-state index contributed by atoms with van der Waals surface area (Å²) in [4.78, 5) is 0. The Morgan fingerprint density at radius 3 is 2.20 bits per heavy atom. The number of ether oxygens (including phenoxy) is 3. The Morgan fingerprint density at radius 1 is 1.08 bits per heavy atom. The van der Waals surface area contributed by atoms with Crippen LogP contribution in [0.2, 0.25) is 0 Å². The normalized spacial score (nSPS) is 50.9. The summed E-state index contributed by atoms with van der Waals surface area (Å²) in [5.41, 5.74) is -3.09. The van der Waals surface area contributed by atoms with Crippen LogP contribution in [0.3, 0.4) is 0 Å². The fourth-order valence-corrected chi connectivity index (χ4v) is 5.88. The molecule has 1 heterocycles. The van der Waals surface area contributed by atoms with E-state index in [0.29, 0.717) is 19.3 Å². The van der Waals surface area contributed by atoms with Crippen molar-refractivity contribution in [3.8, 4) is 0 Å². The summed E-state index contributed by atoms with van der Waals surface area (Å²) >= 11 is 0. The third kappa shape index (κ3) is 1.92. The van der Waals surface area contributed by atoms with Gasteiger partial charge in [-0.15, -0.1) is 0 Å². The van der Waals surface area contributed by atoms with Crippen molar-refractivity contribution in [1.82, 2.24) is 0 Å². The van der Waals surface area contributed by atoms with E-state index in [-0.39, 0.29) is 18.8 Å². The van der Waals surface area contributed by atoms with Crippen molar-refractivity contribution in [1.29, 1.82) is 0 Å². The molecule has 1 aliphatic heterocycles. The Hall–Kier alpha value is -0.930. The van der Waals surface area contributed by atoms with Crippen molar-refractivity contribution in [3.05, 3.63) is 12.8 Å². The molecule has 1 spiro atoms. The van der Waals surface area contributed by atoms with Crippen LogP contribution in [-0.2, 0) is 14.2 Å². The van der Waals surface area contributed by atoms with Crippen LogP contribution in [0.25, 0.3) is 0 Å². The highest BCUT2D eigenvalue weighted by Crippen LogP contribution is 2.69. The molecule has 0 aromatic rings. The van der Waals surface area contributed by atoms with Crippen LogP contribution in [0, 0.1) is 17.8 Å². The molecule has 0 aromatic carbocycles. The first-order valence-electron chi connectivity index (χ1n) is 8.25. The van der Waals surface area contributed by atoms with Crippen molar-refractivity contribution in [2.24, 2.45) is 17.8 Å². The summed E-state index contributed by atoms with van der Waals surface area (Å²) in [5, 5.41) is 9.83. The Bertz CT molecular complexity index is 576. The van der Waals surface area contributed by atoms with E-state index in [1.54, 1.807) is 0 Å². The highest BCUT2D eigenvalue weighted by Gasteiger charge is 2.85. The molecule has 0 aromatic heterocycles. The highest BCUT2D eigenvalue weighted by atomic mass is 19.4. The predicted molar refractivity (Wildman–Crippen MR) is 73.3 cm³/mol. The van der Waals surface area contributed by atoms with Gasteiger partial charge in [-0.05, 0) is 49.9 Å². The standard InChI is InChI=1S/C16H19F5O4/c1-2-23-12-5-9-3-10(6-12)13(11(4-9)7-12)14(17,18)15(22,16(19,20)21)25-8-24-13/h2,9-11,22H,1,3-8H2. The van der Waals surface area contributed by atoms with Gasteiger partial charge in [0, 0.05) is 0 Å². The van der Waals surface area contributed by atoms with Gasteiger partial charge >= 0.3 is 17.9 Å². The molecule has 4 saturated carbocycles. The zero-order chi connectivity index (χ0) is 18.3. The Kier molecular flexibility index (Phi) is 3.40. The van der Waals surface area contributed by atoms with Crippen molar-refractivity contribution >= 4 is 0 Å². The predicted octanol–water partition coefficient (Wildman–Crippen LogP) is 3.35. The summed E-state index contributed by atoms with van der Waals surface area (Å²) in [6.45, 7) is 2.49. The average Bonchev–Trinajstić information content (AvgIpc) is 2.46. The second-order valence-electron chi connectivity index (χ2n) is 7.73. The van der Waals surface area contributed by atoms with Crippen LogP contribution in [-0.4, -0.2) is 41.0 Å². The molecule has 0 radical (unpaired) electrons. The lowest BCUT2D eigenvalue weighted by Crippen LogP contribution is -2.81. The van der Waals surface area contributed by atoms with Crippen molar-refractivity contribution in [2.75, 3.05) is 6.79 Å². The van der Waals surface area contributed by atoms with Crippen LogP contribution in [0.15, 0.2) is 12.8 Å². The van der Waals surface area contributed by atoms with Gasteiger partial charge in [-0.25, -0.2) is 0 Å². The van der Waals surface area contributed by atoms with Crippen LogP contribution in [0.5, 0.6) is 0 Å². The summed E-state index contributed by atoms with van der Waals surface area (Å²) < 4.78 is 85.1. The van der Waals surface area contributed by atoms with Crippen LogP contribution in [0.4, 0.5) is 22.0 Å². The van der Waals surface area contributed by atoms with Crippen molar-refractivity contribution < 1.29 is 41.3 Å². The molecule has 5 aliphatic rings. The SMILES string of the molecule is C=COC12CC3CC(C1)C1(OCOC(O)(C(F)(F)F)C1(F)F)C(C3)C2. The van der Waals surface area contributed by atoms with Crippen molar-refractivity contribution in [2.45, 2.75) is 61.2 Å². The van der Waals surface area contributed by atoms with Gasteiger partial charge in [0.2, 0.25) is 0 Å². The van der Waals surface area contributed by atoms with E-state index < -0.39 is 47.7 Å². The van der Waals surface area contributed by atoms with Crippen LogP contribution < -0.4 is 0 Å². The monoisotopic (exact) mass is 370 g/mol. The lowest BCUT2D eigenvalue weighted by molar-refractivity contribution is -0.521. The van der Waals surface area contributed by atoms with Gasteiger partial charge in [0.25, 0.3) is 0 Å². The van der Waals surface area contributed by atoms with Gasteiger partial charge < -0.3 is 19.3 Å². The molecule has 142 valence electrons. The fraction of sp³-hybridized carbons (Fsp3) is 0.875. The third-order valence-corrected chi connectivity index (χ3v) is 6.55. The smallest absolute Gasteiger partial charge is 0.449 e. The molecule has 4 nitrogen and oxygen atoms in total. The molecular weight excluding hydrogens is 351 g/mol. The molecule has 25 heavy (non-hydrogen) atoms. The molecule has 4 bridgehead atoms.